The predicted molar refractivity (Wildman–Crippen MR) is 369 cm³/mol. The number of carbonyl (C=O) groups excluding carboxylic acids is 2. The number of nitrogens with one attached hydrogen (secondary N) is 1. The topological polar surface area (TPSA) is 111 Å². The van der Waals surface area contributed by atoms with Gasteiger partial charge < -0.3 is 19.4 Å². The summed E-state index contributed by atoms with van der Waals surface area (Å²) in [6, 6.07) is -0.860. The molecule has 0 aromatic rings. The van der Waals surface area contributed by atoms with Crippen LogP contribution in [-0.2, 0) is 27.9 Å². The number of nitrogens with zero attached hydrogens (tertiary/aromatic N) is 1. The Morgan fingerprint density at radius 2 is 0.753 bits per heavy atom. The van der Waals surface area contributed by atoms with Gasteiger partial charge in [-0.2, -0.15) is 0 Å². The molecule has 490 valence electrons. The van der Waals surface area contributed by atoms with E-state index in [1.54, 1.807) is 0 Å². The van der Waals surface area contributed by atoms with Gasteiger partial charge >= 0.3 is 13.8 Å². The molecule has 0 saturated heterocycles. The van der Waals surface area contributed by atoms with E-state index in [0.29, 0.717) is 17.4 Å². The molecule has 1 amide bonds. The molecule has 0 aromatic heterocycles. The molecule has 0 aliphatic carbocycles. The molecule has 0 heterocycles. The molecule has 0 saturated carbocycles. The van der Waals surface area contributed by atoms with Crippen LogP contribution in [0.1, 0.15) is 303 Å². The molecule has 0 bridgehead atoms. The van der Waals surface area contributed by atoms with Gasteiger partial charge in [-0.3, -0.25) is 18.6 Å². The average molecular weight is 1210 g/mol. The molecule has 0 radical (unpaired) electrons. The number of esters is 1. The second kappa shape index (κ2) is 63.7. The number of rotatable bonds is 63. The molecule has 85 heavy (non-hydrogen) atoms. The minimum Gasteiger partial charge on any atom is -0.456 e. The van der Waals surface area contributed by atoms with Crippen LogP contribution in [0.5, 0.6) is 0 Å². The molecule has 0 rings (SSSR count). The van der Waals surface area contributed by atoms with Crippen LogP contribution in [0, 0.1) is 0 Å². The number of phosphoric acid groups is 1. The molecule has 0 fully saturated rings. The molecule has 2 N–H and O–H groups in total. The lowest BCUT2D eigenvalue weighted by molar-refractivity contribution is -0.870. The van der Waals surface area contributed by atoms with Crippen LogP contribution in [0.25, 0.3) is 0 Å². The van der Waals surface area contributed by atoms with Gasteiger partial charge in [-0.25, -0.2) is 4.57 Å². The van der Waals surface area contributed by atoms with Crippen LogP contribution in [-0.4, -0.2) is 74.3 Å². The van der Waals surface area contributed by atoms with Crippen molar-refractivity contribution in [3.8, 4) is 0 Å². The van der Waals surface area contributed by atoms with Crippen molar-refractivity contribution in [1.82, 2.24) is 5.32 Å². The van der Waals surface area contributed by atoms with Crippen LogP contribution in [0.15, 0.2) is 109 Å². The number of quaternary nitrogens is 1. The number of likely N-dealkylation sites (N-methyl/N-ethyl adjacent to an activating group) is 1. The number of amides is 1. The maximum Gasteiger partial charge on any atom is 0.472 e. The van der Waals surface area contributed by atoms with E-state index in [9.17, 15) is 19.0 Å². The highest BCUT2D eigenvalue weighted by molar-refractivity contribution is 7.47. The zero-order valence-corrected chi connectivity index (χ0v) is 57.0. The molecular weight excluding hydrogens is 1070 g/mol. The van der Waals surface area contributed by atoms with Gasteiger partial charge in [0, 0.05) is 12.8 Å². The average Bonchev–Trinajstić information content (AvgIpc) is 3.59. The summed E-state index contributed by atoms with van der Waals surface area (Å²) in [5.41, 5.74) is 0. The fourth-order valence-corrected chi connectivity index (χ4v) is 10.5. The number of unbranched alkanes of at least 4 members (excludes halogenated alkanes) is 31. The second-order valence-corrected chi connectivity index (χ2v) is 26.1. The van der Waals surface area contributed by atoms with Crippen molar-refractivity contribution < 1.29 is 37.3 Å². The Labute approximate surface area is 525 Å². The Morgan fingerprint density at radius 3 is 1.15 bits per heavy atom. The lowest BCUT2D eigenvalue weighted by atomic mass is 10.0. The number of carbonyl (C=O) groups is 2. The fraction of sp³-hybridized carbons (Fsp3) is 0.733. The van der Waals surface area contributed by atoms with Gasteiger partial charge in [0.25, 0.3) is 0 Å². The molecule has 3 unspecified atom stereocenters. The van der Waals surface area contributed by atoms with Crippen molar-refractivity contribution in [3.05, 3.63) is 109 Å². The first-order valence-electron chi connectivity index (χ1n) is 35.2. The summed E-state index contributed by atoms with van der Waals surface area (Å²) in [5.74, 6) is -0.517. The van der Waals surface area contributed by atoms with Crippen molar-refractivity contribution in [2.75, 3.05) is 40.9 Å². The van der Waals surface area contributed by atoms with Gasteiger partial charge in [0.2, 0.25) is 5.91 Å². The molecule has 0 spiro atoms. The molecule has 0 aliphatic heterocycles. The summed E-state index contributed by atoms with van der Waals surface area (Å²) >= 11 is 0. The van der Waals surface area contributed by atoms with Gasteiger partial charge in [-0.15, -0.1) is 0 Å². The van der Waals surface area contributed by atoms with Crippen molar-refractivity contribution in [1.29, 1.82) is 0 Å². The predicted octanol–water partition coefficient (Wildman–Crippen LogP) is 22.5. The maximum absolute atomic E-state index is 13.6. The summed E-state index contributed by atoms with van der Waals surface area (Å²) in [5, 5.41) is 3.06. The van der Waals surface area contributed by atoms with Crippen LogP contribution >= 0.6 is 7.82 Å². The Hall–Kier alpha value is -3.33. The summed E-state index contributed by atoms with van der Waals surface area (Å²) < 4.78 is 30.8. The van der Waals surface area contributed by atoms with E-state index in [2.05, 4.69) is 123 Å². The van der Waals surface area contributed by atoms with Gasteiger partial charge in [0.05, 0.1) is 33.8 Å². The van der Waals surface area contributed by atoms with Gasteiger partial charge in [0.15, 0.2) is 0 Å². The SMILES string of the molecule is CC/C=C\C/C=C\C/C=C\C/C=C\C/C=C\CCCCCCCCCCCCCC(=O)OC(/C=C\CCCCCCCCCCC)C(COP(=O)(O)OCC[N+](C)(C)C)NC(=O)CCCCCCCCCC/C=C\C/C=C\C/C=C\CCCCC. The molecule has 9 nitrogen and oxygen atoms in total. The lowest BCUT2D eigenvalue weighted by Gasteiger charge is -2.27. The number of phosphoric ester groups is 1. The first-order valence-corrected chi connectivity index (χ1v) is 36.7. The first-order chi connectivity index (χ1) is 41.4. The van der Waals surface area contributed by atoms with E-state index in [-0.39, 0.29) is 31.5 Å². The Kier molecular flexibility index (Phi) is 61.2. The van der Waals surface area contributed by atoms with Crippen LogP contribution < -0.4 is 5.32 Å². The minimum absolute atomic E-state index is 0.0338. The summed E-state index contributed by atoms with van der Waals surface area (Å²) in [6.07, 6.45) is 88.1. The van der Waals surface area contributed by atoms with E-state index in [1.165, 1.54) is 154 Å². The minimum atomic E-state index is -4.46. The van der Waals surface area contributed by atoms with Gasteiger partial charge in [-0.1, -0.05) is 285 Å². The van der Waals surface area contributed by atoms with Crippen LogP contribution in [0.2, 0.25) is 0 Å². The van der Waals surface area contributed by atoms with E-state index in [0.717, 1.165) is 116 Å². The quantitative estimate of drug-likeness (QED) is 0.0205. The Balaban J connectivity index is 5.05. The third-order valence-electron chi connectivity index (χ3n) is 15.2. The second-order valence-electron chi connectivity index (χ2n) is 24.7. The van der Waals surface area contributed by atoms with E-state index < -0.39 is 20.0 Å². The van der Waals surface area contributed by atoms with Crippen molar-refractivity contribution >= 4 is 19.7 Å². The van der Waals surface area contributed by atoms with Crippen molar-refractivity contribution in [2.24, 2.45) is 0 Å². The van der Waals surface area contributed by atoms with E-state index >= 15 is 0 Å². The zero-order chi connectivity index (χ0) is 62.1. The third kappa shape index (κ3) is 65.0. The normalized spacial score (nSPS) is 14.2. The van der Waals surface area contributed by atoms with Crippen molar-refractivity contribution in [3.63, 3.8) is 0 Å². The standard InChI is InChI=1S/C75H133N2O7P/c1-7-10-13-16-19-22-25-27-29-31-33-35-36-37-38-39-40-42-44-46-48-50-53-56-59-62-65-68-75(79)84-73(66-63-60-57-54-51-24-21-18-15-12-9-3)72(71-83-85(80,81)82-70-69-77(4,5)6)76-74(78)67-64-61-58-55-52-49-47-45-43-41-34-32-30-28-26-23-20-17-14-11-8-2/h10,13,19-20,22-23,27-30,33-35,37-38,41,63,66,72-73H,7-9,11-12,14-18,21,24-26,31-32,36,39-40,42-62,64-65,67-71H2,1-6H3,(H-,76,78,80,81)/p+1/b13-10-,22-19-,23-20-,29-27-,30-28-,35-33-,38-37-,41-34-,66-63-. The number of hydrogen-bond acceptors (Lipinski definition) is 6. The van der Waals surface area contributed by atoms with Gasteiger partial charge in [-0.05, 0) is 115 Å². The lowest BCUT2D eigenvalue weighted by Crippen LogP contribution is -2.47. The highest BCUT2D eigenvalue weighted by Gasteiger charge is 2.30. The Morgan fingerprint density at radius 1 is 0.424 bits per heavy atom. The number of hydrogen-bond donors (Lipinski definition) is 2. The molecular formula is C75H134N2O7P+. The summed E-state index contributed by atoms with van der Waals surface area (Å²) in [7, 11) is 1.48. The van der Waals surface area contributed by atoms with E-state index in [4.69, 9.17) is 13.8 Å². The van der Waals surface area contributed by atoms with E-state index in [1.807, 2.05) is 33.3 Å². The summed E-state index contributed by atoms with van der Waals surface area (Å²) in [4.78, 5) is 37.9. The highest BCUT2D eigenvalue weighted by atomic mass is 31.2. The van der Waals surface area contributed by atoms with Crippen LogP contribution in [0.4, 0.5) is 0 Å². The summed E-state index contributed by atoms with van der Waals surface area (Å²) in [6.45, 7) is 6.87. The largest absolute Gasteiger partial charge is 0.472 e. The Bertz CT molecular complexity index is 1820. The zero-order valence-electron chi connectivity index (χ0n) is 56.1. The third-order valence-corrected chi connectivity index (χ3v) is 16.2. The molecule has 3 atom stereocenters. The first kappa shape index (κ1) is 81.7. The van der Waals surface area contributed by atoms with Crippen LogP contribution in [0.3, 0.4) is 0 Å². The fourth-order valence-electron chi connectivity index (χ4n) is 9.80. The smallest absolute Gasteiger partial charge is 0.456 e. The van der Waals surface area contributed by atoms with Crippen molar-refractivity contribution in [2.45, 2.75) is 315 Å². The molecule has 10 heteroatoms. The maximum atomic E-state index is 13.6. The highest BCUT2D eigenvalue weighted by Crippen LogP contribution is 2.43. The molecule has 0 aliphatic rings. The number of ether oxygens (including phenoxy) is 1. The monoisotopic (exact) mass is 1210 g/mol. The van der Waals surface area contributed by atoms with Gasteiger partial charge in [0.1, 0.15) is 19.3 Å². The molecule has 0 aromatic carbocycles. The number of allylic oxidation sites excluding steroid dienone is 17.